The van der Waals surface area contributed by atoms with Crippen LogP contribution in [0.15, 0.2) is 102 Å². The van der Waals surface area contributed by atoms with Gasteiger partial charge in [-0.15, -0.1) is 0 Å². The second-order valence-corrected chi connectivity index (χ2v) is 10.3. The molecule has 0 spiro atoms. The second kappa shape index (κ2) is 10.8. The van der Waals surface area contributed by atoms with Gasteiger partial charge in [-0.3, -0.25) is 14.3 Å². The van der Waals surface area contributed by atoms with E-state index in [0.717, 1.165) is 34.0 Å². The molecule has 6 rings (SSSR count). The van der Waals surface area contributed by atoms with Gasteiger partial charge in [0.15, 0.2) is 6.04 Å². The Labute approximate surface area is 239 Å². The number of alkyl halides is 3. The Morgan fingerprint density at radius 2 is 1.76 bits per heavy atom. The van der Waals surface area contributed by atoms with Crippen molar-refractivity contribution in [1.29, 1.82) is 0 Å². The Morgan fingerprint density at radius 3 is 2.52 bits per heavy atom. The van der Waals surface area contributed by atoms with Crippen molar-refractivity contribution >= 4 is 22.6 Å². The number of pyridine rings is 2. The number of hydrogen-bond donors (Lipinski definition) is 0. The van der Waals surface area contributed by atoms with Gasteiger partial charge in [0, 0.05) is 36.0 Å². The molecule has 0 saturated heterocycles. The standard InChI is InChI=1S/C33H26F3N3O3/c1-42-32(41)28-20-38(19-21-7-3-2-4-8-21)31-30(24-11-6-12-26(16-24)33(34,35)36)25(17-29(40)39(28)31)15-23-10-5-9-22-13-14-37-18-27(22)23/h2-14,16-18,28H,15,19-20H2,1H3. The first-order chi connectivity index (χ1) is 20.2. The number of hydrogen-bond acceptors (Lipinski definition) is 5. The first-order valence-corrected chi connectivity index (χ1v) is 13.4. The summed E-state index contributed by atoms with van der Waals surface area (Å²) < 4.78 is 48.1. The average molecular weight is 570 g/mol. The molecule has 212 valence electrons. The fourth-order valence-corrected chi connectivity index (χ4v) is 5.75. The van der Waals surface area contributed by atoms with Crippen LogP contribution in [-0.2, 0) is 28.7 Å². The van der Waals surface area contributed by atoms with Gasteiger partial charge in [0.25, 0.3) is 5.56 Å². The van der Waals surface area contributed by atoms with E-state index in [2.05, 4.69) is 4.98 Å². The molecule has 1 aliphatic rings. The van der Waals surface area contributed by atoms with Crippen LogP contribution >= 0.6 is 0 Å². The summed E-state index contributed by atoms with van der Waals surface area (Å²) in [5.41, 5.74) is 1.86. The number of nitrogens with zero attached hydrogens (tertiary/aromatic N) is 3. The molecule has 0 N–H and O–H groups in total. The van der Waals surface area contributed by atoms with E-state index in [-0.39, 0.29) is 13.0 Å². The maximum atomic E-state index is 13.9. The topological polar surface area (TPSA) is 64.4 Å². The Kier molecular flexibility index (Phi) is 7.02. The van der Waals surface area contributed by atoms with E-state index in [1.54, 1.807) is 18.5 Å². The third kappa shape index (κ3) is 5.02. The van der Waals surface area contributed by atoms with Crippen LogP contribution in [0.25, 0.3) is 21.9 Å². The zero-order chi connectivity index (χ0) is 29.4. The van der Waals surface area contributed by atoms with Gasteiger partial charge in [0.1, 0.15) is 5.82 Å². The van der Waals surface area contributed by atoms with Gasteiger partial charge in [-0.25, -0.2) is 4.79 Å². The van der Waals surface area contributed by atoms with Crippen molar-refractivity contribution in [2.24, 2.45) is 0 Å². The molecule has 2 aromatic heterocycles. The molecule has 0 radical (unpaired) electrons. The Bertz CT molecular complexity index is 1850. The number of aromatic nitrogens is 2. The fourth-order valence-electron chi connectivity index (χ4n) is 5.75. The van der Waals surface area contributed by atoms with Gasteiger partial charge in [0.05, 0.1) is 19.2 Å². The third-order valence-corrected chi connectivity index (χ3v) is 7.64. The molecule has 3 aromatic carbocycles. The van der Waals surface area contributed by atoms with Crippen LogP contribution in [0.1, 0.15) is 28.3 Å². The molecule has 0 saturated carbocycles. The summed E-state index contributed by atoms with van der Waals surface area (Å²) in [5, 5.41) is 1.83. The highest BCUT2D eigenvalue weighted by atomic mass is 19.4. The molecule has 1 atom stereocenters. The average Bonchev–Trinajstić information content (AvgIpc) is 3.36. The lowest BCUT2D eigenvalue weighted by atomic mass is 9.92. The number of ether oxygens (including phenoxy) is 1. The van der Waals surface area contributed by atoms with Crippen molar-refractivity contribution in [2.75, 3.05) is 18.6 Å². The van der Waals surface area contributed by atoms with Gasteiger partial charge in [-0.2, -0.15) is 13.2 Å². The van der Waals surface area contributed by atoms with E-state index in [1.165, 1.54) is 23.8 Å². The van der Waals surface area contributed by atoms with E-state index in [0.29, 0.717) is 29.1 Å². The fraction of sp³-hybridized carbons (Fsp3) is 0.182. The summed E-state index contributed by atoms with van der Waals surface area (Å²) in [6.45, 7) is 0.464. The van der Waals surface area contributed by atoms with E-state index < -0.39 is 29.3 Å². The number of halogens is 3. The van der Waals surface area contributed by atoms with E-state index in [1.807, 2.05) is 59.5 Å². The summed E-state index contributed by atoms with van der Waals surface area (Å²) in [4.78, 5) is 32.8. The van der Waals surface area contributed by atoms with Crippen molar-refractivity contribution in [3.8, 4) is 11.1 Å². The van der Waals surface area contributed by atoms with Gasteiger partial charge in [0.2, 0.25) is 0 Å². The number of rotatable bonds is 6. The largest absolute Gasteiger partial charge is 0.467 e. The van der Waals surface area contributed by atoms with Crippen LogP contribution in [0.4, 0.5) is 19.0 Å². The SMILES string of the molecule is COC(=O)C1CN(Cc2ccccc2)c2c(-c3cccc(C(F)(F)F)c3)c(Cc3cccc4ccncc34)cc(=O)n21. The summed E-state index contributed by atoms with van der Waals surface area (Å²) in [6, 6.07) is 22.7. The number of carbonyl (C=O) groups is 1. The molecule has 9 heteroatoms. The molecule has 0 amide bonds. The predicted octanol–water partition coefficient (Wildman–Crippen LogP) is 6.41. The summed E-state index contributed by atoms with van der Waals surface area (Å²) in [7, 11) is 1.25. The summed E-state index contributed by atoms with van der Waals surface area (Å²) >= 11 is 0. The first kappa shape index (κ1) is 27.3. The van der Waals surface area contributed by atoms with Crippen molar-refractivity contribution in [2.45, 2.75) is 25.2 Å². The molecular weight excluding hydrogens is 543 g/mol. The number of methoxy groups -OCH3 is 1. The van der Waals surface area contributed by atoms with Crippen molar-refractivity contribution in [3.05, 3.63) is 130 Å². The van der Waals surface area contributed by atoms with Crippen LogP contribution in [-0.4, -0.2) is 29.2 Å². The second-order valence-electron chi connectivity index (χ2n) is 10.3. The lowest BCUT2D eigenvalue weighted by Crippen LogP contribution is -2.29. The minimum atomic E-state index is -4.56. The highest BCUT2D eigenvalue weighted by Gasteiger charge is 2.39. The lowest BCUT2D eigenvalue weighted by Gasteiger charge is -2.24. The van der Waals surface area contributed by atoms with Gasteiger partial charge in [-0.1, -0.05) is 60.7 Å². The molecule has 0 bridgehead atoms. The van der Waals surface area contributed by atoms with Gasteiger partial charge >= 0.3 is 12.1 Å². The summed E-state index contributed by atoms with van der Waals surface area (Å²) in [6.07, 6.45) is -0.871. The van der Waals surface area contributed by atoms with E-state index >= 15 is 0 Å². The summed E-state index contributed by atoms with van der Waals surface area (Å²) in [5.74, 6) is -0.216. The number of benzene rings is 3. The molecular formula is C33H26F3N3O3. The minimum Gasteiger partial charge on any atom is -0.467 e. The molecule has 3 heterocycles. The van der Waals surface area contributed by atoms with Crippen LogP contribution in [0.3, 0.4) is 0 Å². The van der Waals surface area contributed by atoms with Crippen molar-refractivity contribution < 1.29 is 22.7 Å². The van der Waals surface area contributed by atoms with Crippen LogP contribution in [0, 0.1) is 0 Å². The minimum absolute atomic E-state index is 0.129. The zero-order valence-corrected chi connectivity index (χ0v) is 22.6. The van der Waals surface area contributed by atoms with Crippen LogP contribution in [0.5, 0.6) is 0 Å². The molecule has 0 fully saturated rings. The van der Waals surface area contributed by atoms with Crippen LogP contribution in [0.2, 0.25) is 0 Å². The maximum absolute atomic E-state index is 13.9. The van der Waals surface area contributed by atoms with Crippen molar-refractivity contribution in [3.63, 3.8) is 0 Å². The maximum Gasteiger partial charge on any atom is 0.416 e. The molecule has 1 unspecified atom stereocenters. The molecule has 1 aliphatic heterocycles. The normalized spacial score (nSPS) is 14.7. The number of fused-ring (bicyclic) bond motifs is 2. The number of esters is 1. The smallest absolute Gasteiger partial charge is 0.416 e. The molecule has 0 aliphatic carbocycles. The monoisotopic (exact) mass is 569 g/mol. The Balaban J connectivity index is 1.62. The van der Waals surface area contributed by atoms with E-state index in [4.69, 9.17) is 4.74 Å². The highest BCUT2D eigenvalue weighted by molar-refractivity contribution is 5.88. The molecule has 42 heavy (non-hydrogen) atoms. The van der Waals surface area contributed by atoms with Crippen LogP contribution < -0.4 is 10.5 Å². The molecule has 5 aromatic rings. The molecule has 6 nitrogen and oxygen atoms in total. The Morgan fingerprint density at radius 1 is 0.976 bits per heavy atom. The van der Waals surface area contributed by atoms with Crippen molar-refractivity contribution in [1.82, 2.24) is 9.55 Å². The predicted molar refractivity (Wildman–Crippen MR) is 154 cm³/mol. The number of carbonyl (C=O) groups excluding carboxylic acids is 1. The van der Waals surface area contributed by atoms with E-state index in [9.17, 15) is 22.8 Å². The first-order valence-electron chi connectivity index (χ1n) is 13.4. The highest BCUT2D eigenvalue weighted by Crippen LogP contribution is 2.42. The quantitative estimate of drug-likeness (QED) is 0.221. The number of anilines is 1. The zero-order valence-electron chi connectivity index (χ0n) is 22.6. The lowest BCUT2D eigenvalue weighted by molar-refractivity contribution is -0.144. The third-order valence-electron chi connectivity index (χ3n) is 7.64. The Hall–Kier alpha value is -4.92. The van der Waals surface area contributed by atoms with Gasteiger partial charge in [-0.05, 0) is 52.3 Å². The van der Waals surface area contributed by atoms with Gasteiger partial charge < -0.3 is 9.64 Å².